The lowest BCUT2D eigenvalue weighted by molar-refractivity contribution is 0.660. The van der Waals surface area contributed by atoms with Crippen LogP contribution in [0.25, 0.3) is 11.1 Å². The molecule has 0 heterocycles. The highest BCUT2D eigenvalue weighted by molar-refractivity contribution is 5.85. The summed E-state index contributed by atoms with van der Waals surface area (Å²) < 4.78 is 0. The Bertz CT molecular complexity index is 1260. The zero-order valence-corrected chi connectivity index (χ0v) is 22.4. The highest BCUT2D eigenvalue weighted by Gasteiger charge is 2.35. The van der Waals surface area contributed by atoms with Crippen molar-refractivity contribution in [2.45, 2.75) is 71.6 Å². The average molecular weight is 474 g/mol. The van der Waals surface area contributed by atoms with Crippen molar-refractivity contribution in [3.05, 3.63) is 113 Å². The summed E-state index contributed by atoms with van der Waals surface area (Å²) in [7, 11) is 0. The van der Waals surface area contributed by atoms with Gasteiger partial charge in [0.25, 0.3) is 0 Å². The van der Waals surface area contributed by atoms with Crippen molar-refractivity contribution in [2.75, 3.05) is 4.90 Å². The van der Waals surface area contributed by atoms with E-state index in [1.807, 2.05) is 0 Å². The minimum absolute atomic E-state index is 0.0123. The van der Waals surface area contributed by atoms with Crippen molar-refractivity contribution in [1.29, 1.82) is 0 Å². The molecule has 4 aromatic carbocycles. The quantitative estimate of drug-likeness (QED) is 0.234. The number of unbranched alkanes of at least 4 members (excludes halogenated alkanes) is 2. The van der Waals surface area contributed by atoms with Gasteiger partial charge in [-0.2, -0.15) is 0 Å². The maximum atomic E-state index is 2.42. The number of benzene rings is 4. The first kappa shape index (κ1) is 24.4. The standard InChI is InChI=1S/C35H39N/c1-5-7-11-26-15-19-28(20-16-26)36(29-21-17-27(18-22-29)12-8-6-2)30-23-24-32-31-13-9-10-14-33(31)35(3,4)34(32)25-30/h9-10,13-25H,5-8,11-12H2,1-4H3. The molecule has 0 atom stereocenters. The highest BCUT2D eigenvalue weighted by Crippen LogP contribution is 2.50. The molecule has 184 valence electrons. The topological polar surface area (TPSA) is 3.24 Å². The molecule has 4 aromatic rings. The Hall–Kier alpha value is -3.32. The molecule has 0 radical (unpaired) electrons. The van der Waals surface area contributed by atoms with Crippen molar-refractivity contribution in [3.8, 4) is 11.1 Å². The molecular formula is C35H39N. The van der Waals surface area contributed by atoms with Crippen LogP contribution in [0.4, 0.5) is 17.1 Å². The summed E-state index contributed by atoms with van der Waals surface area (Å²) >= 11 is 0. The van der Waals surface area contributed by atoms with Crippen molar-refractivity contribution in [1.82, 2.24) is 0 Å². The molecule has 0 aliphatic heterocycles. The van der Waals surface area contributed by atoms with Gasteiger partial charge in [-0.1, -0.05) is 95.1 Å². The lowest BCUT2D eigenvalue weighted by Crippen LogP contribution is -2.16. The average Bonchev–Trinajstić information content (AvgIpc) is 3.14. The molecule has 0 bridgehead atoms. The Morgan fingerprint density at radius 1 is 0.556 bits per heavy atom. The van der Waals surface area contributed by atoms with E-state index >= 15 is 0 Å². The van der Waals surface area contributed by atoms with Crippen molar-refractivity contribution >= 4 is 17.1 Å². The molecule has 0 amide bonds. The largest absolute Gasteiger partial charge is 0.310 e. The fraction of sp³-hybridized carbons (Fsp3) is 0.314. The molecule has 0 fully saturated rings. The van der Waals surface area contributed by atoms with Crippen LogP contribution in [0.5, 0.6) is 0 Å². The van der Waals surface area contributed by atoms with Crippen molar-refractivity contribution < 1.29 is 0 Å². The van der Waals surface area contributed by atoms with E-state index in [4.69, 9.17) is 0 Å². The van der Waals surface area contributed by atoms with E-state index < -0.39 is 0 Å². The van der Waals surface area contributed by atoms with E-state index in [9.17, 15) is 0 Å². The van der Waals surface area contributed by atoms with E-state index in [0.29, 0.717) is 0 Å². The fourth-order valence-corrected chi connectivity index (χ4v) is 5.66. The van der Waals surface area contributed by atoms with E-state index in [1.165, 1.54) is 76.1 Å². The molecular weight excluding hydrogens is 434 g/mol. The number of fused-ring (bicyclic) bond motifs is 3. The number of hydrogen-bond acceptors (Lipinski definition) is 1. The Kier molecular flexibility index (Phi) is 7.01. The van der Waals surface area contributed by atoms with Gasteiger partial charge in [-0.15, -0.1) is 0 Å². The van der Waals surface area contributed by atoms with E-state index in [2.05, 4.69) is 124 Å². The van der Waals surface area contributed by atoms with E-state index in [-0.39, 0.29) is 5.41 Å². The molecule has 0 aromatic heterocycles. The molecule has 1 aliphatic rings. The molecule has 0 unspecified atom stereocenters. The predicted octanol–water partition coefficient (Wildman–Crippen LogP) is 10.1. The molecule has 0 saturated heterocycles. The van der Waals surface area contributed by atoms with Crippen LogP contribution in [-0.2, 0) is 18.3 Å². The van der Waals surface area contributed by atoms with Gasteiger partial charge in [-0.3, -0.25) is 0 Å². The third kappa shape index (κ3) is 4.60. The molecule has 1 nitrogen and oxygen atoms in total. The van der Waals surface area contributed by atoms with Gasteiger partial charge in [0, 0.05) is 22.5 Å². The van der Waals surface area contributed by atoms with Crippen LogP contribution < -0.4 is 4.90 Å². The Morgan fingerprint density at radius 2 is 1.06 bits per heavy atom. The Labute approximate surface area is 217 Å². The normalized spacial score (nSPS) is 13.3. The molecule has 1 aliphatic carbocycles. The monoisotopic (exact) mass is 473 g/mol. The lowest BCUT2D eigenvalue weighted by atomic mass is 9.82. The number of rotatable bonds is 9. The van der Waals surface area contributed by atoms with Gasteiger partial charge in [-0.05, 0) is 95.5 Å². The molecule has 5 rings (SSSR count). The zero-order chi connectivity index (χ0) is 25.1. The summed E-state index contributed by atoms with van der Waals surface area (Å²) in [4.78, 5) is 2.42. The van der Waals surface area contributed by atoms with Gasteiger partial charge >= 0.3 is 0 Å². The maximum absolute atomic E-state index is 2.42. The number of anilines is 3. The SMILES string of the molecule is CCCCc1ccc(N(c2ccc(CCCC)cc2)c2ccc3c(c2)C(C)(C)c2ccccc2-3)cc1. The highest BCUT2D eigenvalue weighted by atomic mass is 15.1. The van der Waals surface area contributed by atoms with Crippen LogP contribution in [0.2, 0.25) is 0 Å². The molecule has 1 heteroatoms. The van der Waals surface area contributed by atoms with E-state index in [0.717, 1.165) is 12.8 Å². The summed E-state index contributed by atoms with van der Waals surface area (Å²) in [6.07, 6.45) is 7.23. The third-order valence-electron chi connectivity index (χ3n) is 7.85. The summed E-state index contributed by atoms with van der Waals surface area (Å²) in [5.74, 6) is 0. The van der Waals surface area contributed by atoms with Crippen LogP contribution in [0.15, 0.2) is 91.0 Å². The minimum Gasteiger partial charge on any atom is -0.310 e. The first-order chi connectivity index (χ1) is 17.5. The summed E-state index contributed by atoms with van der Waals surface area (Å²) in [5, 5.41) is 0. The van der Waals surface area contributed by atoms with E-state index in [1.54, 1.807) is 0 Å². The second kappa shape index (κ2) is 10.3. The minimum atomic E-state index is -0.0123. The number of hydrogen-bond donors (Lipinski definition) is 0. The van der Waals surface area contributed by atoms with Crippen molar-refractivity contribution in [2.24, 2.45) is 0 Å². The molecule has 0 spiro atoms. The smallest absolute Gasteiger partial charge is 0.0465 e. The van der Waals surface area contributed by atoms with Crippen LogP contribution >= 0.6 is 0 Å². The first-order valence-electron chi connectivity index (χ1n) is 13.8. The lowest BCUT2D eigenvalue weighted by Gasteiger charge is -2.28. The van der Waals surface area contributed by atoms with Crippen molar-refractivity contribution in [3.63, 3.8) is 0 Å². The number of aryl methyl sites for hydroxylation is 2. The Morgan fingerprint density at radius 3 is 1.61 bits per heavy atom. The maximum Gasteiger partial charge on any atom is 0.0465 e. The second-order valence-corrected chi connectivity index (χ2v) is 10.8. The van der Waals surface area contributed by atoms with Gasteiger partial charge in [-0.25, -0.2) is 0 Å². The summed E-state index contributed by atoms with van der Waals surface area (Å²) in [6.45, 7) is 9.23. The number of nitrogens with zero attached hydrogens (tertiary/aromatic N) is 1. The van der Waals surface area contributed by atoms with Gasteiger partial charge in [0.05, 0.1) is 0 Å². The zero-order valence-electron chi connectivity index (χ0n) is 22.4. The van der Waals surface area contributed by atoms with Crippen LogP contribution in [0, 0.1) is 0 Å². The van der Waals surface area contributed by atoms with Gasteiger partial charge in [0.15, 0.2) is 0 Å². The summed E-state index contributed by atoms with van der Waals surface area (Å²) in [6, 6.07) is 34.3. The first-order valence-corrected chi connectivity index (χ1v) is 13.8. The third-order valence-corrected chi connectivity index (χ3v) is 7.85. The van der Waals surface area contributed by atoms with Gasteiger partial charge < -0.3 is 4.90 Å². The summed E-state index contributed by atoms with van der Waals surface area (Å²) in [5.41, 5.74) is 12.0. The Balaban J connectivity index is 1.57. The molecule has 0 saturated carbocycles. The molecule has 0 N–H and O–H groups in total. The van der Waals surface area contributed by atoms with Crippen LogP contribution in [0.1, 0.15) is 75.6 Å². The van der Waals surface area contributed by atoms with Crippen LogP contribution in [0.3, 0.4) is 0 Å². The second-order valence-electron chi connectivity index (χ2n) is 10.8. The predicted molar refractivity (Wildman–Crippen MR) is 156 cm³/mol. The van der Waals surface area contributed by atoms with Gasteiger partial charge in [0.1, 0.15) is 0 Å². The van der Waals surface area contributed by atoms with Gasteiger partial charge in [0.2, 0.25) is 0 Å². The molecule has 36 heavy (non-hydrogen) atoms. The van der Waals surface area contributed by atoms with Crippen LogP contribution in [-0.4, -0.2) is 0 Å². The fourth-order valence-electron chi connectivity index (χ4n) is 5.66.